The lowest BCUT2D eigenvalue weighted by Crippen LogP contribution is -1.92. The molecule has 3 rings (SSSR count). The van der Waals surface area contributed by atoms with Crippen LogP contribution in [0.15, 0.2) is 42.5 Å². The largest absolute Gasteiger partial charge is 0.0620 e. The lowest BCUT2D eigenvalue weighted by Gasteiger charge is -2.12. The lowest BCUT2D eigenvalue weighted by molar-refractivity contribution is 0.912. The molecule has 2 aromatic rings. The number of aryl methyl sites for hydroxylation is 2. The van der Waals surface area contributed by atoms with E-state index < -0.39 is 0 Å². The van der Waals surface area contributed by atoms with Gasteiger partial charge in [-0.05, 0) is 53.5 Å². The Labute approximate surface area is 103 Å². The molecule has 0 radical (unpaired) electrons. The van der Waals surface area contributed by atoms with Gasteiger partial charge in [-0.3, -0.25) is 0 Å². The zero-order valence-corrected chi connectivity index (χ0v) is 10.4. The van der Waals surface area contributed by atoms with Gasteiger partial charge in [0.05, 0.1) is 0 Å². The average molecular weight is 222 g/mol. The van der Waals surface area contributed by atoms with Gasteiger partial charge in [-0.2, -0.15) is 0 Å². The summed E-state index contributed by atoms with van der Waals surface area (Å²) in [4.78, 5) is 0. The number of rotatable bonds is 2. The highest BCUT2D eigenvalue weighted by Crippen LogP contribution is 2.34. The molecule has 2 aromatic carbocycles. The summed E-state index contributed by atoms with van der Waals surface area (Å²) in [6.07, 6.45) is 4.95. The van der Waals surface area contributed by atoms with Crippen molar-refractivity contribution in [1.82, 2.24) is 0 Å². The van der Waals surface area contributed by atoms with Gasteiger partial charge in [-0.15, -0.1) is 0 Å². The Morgan fingerprint density at radius 1 is 0.882 bits per heavy atom. The maximum absolute atomic E-state index is 2.29. The first-order valence-electron chi connectivity index (χ1n) is 6.59. The molecule has 0 aromatic heterocycles. The fourth-order valence-corrected chi connectivity index (χ4v) is 2.96. The summed E-state index contributed by atoms with van der Waals surface area (Å²) in [7, 11) is 0. The molecule has 0 nitrogen and oxygen atoms in total. The molecule has 0 heteroatoms. The molecule has 0 fully saturated rings. The molecule has 86 valence electrons. The third kappa shape index (κ3) is 1.78. The lowest BCUT2D eigenvalue weighted by atomic mass is 9.92. The van der Waals surface area contributed by atoms with Crippen molar-refractivity contribution in [2.45, 2.75) is 32.6 Å². The summed E-state index contributed by atoms with van der Waals surface area (Å²) in [6.45, 7) is 2.24. The molecule has 0 spiro atoms. The van der Waals surface area contributed by atoms with E-state index in [1.807, 2.05) is 0 Å². The van der Waals surface area contributed by atoms with E-state index in [4.69, 9.17) is 0 Å². The van der Waals surface area contributed by atoms with E-state index >= 15 is 0 Å². The quantitative estimate of drug-likeness (QED) is 0.706. The summed E-state index contributed by atoms with van der Waals surface area (Å²) in [5.41, 5.74) is 7.53. The van der Waals surface area contributed by atoms with E-state index in [9.17, 15) is 0 Å². The van der Waals surface area contributed by atoms with Crippen molar-refractivity contribution in [3.05, 3.63) is 59.2 Å². The van der Waals surface area contributed by atoms with Gasteiger partial charge >= 0.3 is 0 Å². The van der Waals surface area contributed by atoms with Crippen LogP contribution in [0.2, 0.25) is 0 Å². The van der Waals surface area contributed by atoms with Gasteiger partial charge in [-0.25, -0.2) is 0 Å². The van der Waals surface area contributed by atoms with E-state index in [-0.39, 0.29) is 0 Å². The van der Waals surface area contributed by atoms with Crippen molar-refractivity contribution in [1.29, 1.82) is 0 Å². The summed E-state index contributed by atoms with van der Waals surface area (Å²) >= 11 is 0. The third-order valence-electron chi connectivity index (χ3n) is 3.83. The number of benzene rings is 2. The van der Waals surface area contributed by atoms with Crippen LogP contribution < -0.4 is 0 Å². The minimum absolute atomic E-state index is 1.11. The van der Waals surface area contributed by atoms with Crippen LogP contribution in [0.5, 0.6) is 0 Å². The SMILES string of the molecule is CCc1ccccc1-c1cccc2c1CCC2. The Morgan fingerprint density at radius 2 is 1.71 bits per heavy atom. The molecule has 0 atom stereocenters. The molecule has 0 saturated carbocycles. The van der Waals surface area contributed by atoms with Crippen LogP contribution in [-0.4, -0.2) is 0 Å². The van der Waals surface area contributed by atoms with Crippen LogP contribution in [0.25, 0.3) is 11.1 Å². The molecule has 0 bridgehead atoms. The molecular formula is C17H18. The van der Waals surface area contributed by atoms with Gasteiger partial charge in [0.1, 0.15) is 0 Å². The van der Waals surface area contributed by atoms with Crippen molar-refractivity contribution >= 4 is 0 Å². The molecule has 17 heavy (non-hydrogen) atoms. The topological polar surface area (TPSA) is 0 Å². The Bertz CT molecular complexity index is 537. The van der Waals surface area contributed by atoms with Crippen molar-refractivity contribution in [3.8, 4) is 11.1 Å². The van der Waals surface area contributed by atoms with E-state index in [1.165, 1.54) is 36.0 Å². The summed E-state index contributed by atoms with van der Waals surface area (Å²) in [6, 6.07) is 15.6. The highest BCUT2D eigenvalue weighted by Gasteiger charge is 2.16. The Kier molecular flexibility index (Phi) is 2.72. The predicted octanol–water partition coefficient (Wildman–Crippen LogP) is 4.40. The second-order valence-electron chi connectivity index (χ2n) is 4.81. The zero-order valence-electron chi connectivity index (χ0n) is 10.4. The summed E-state index contributed by atoms with van der Waals surface area (Å²) < 4.78 is 0. The fraction of sp³-hybridized carbons (Fsp3) is 0.294. The maximum atomic E-state index is 2.29. The predicted molar refractivity (Wildman–Crippen MR) is 73.3 cm³/mol. The number of hydrogen-bond donors (Lipinski definition) is 0. The minimum Gasteiger partial charge on any atom is -0.0620 e. The highest BCUT2D eigenvalue weighted by atomic mass is 14.2. The van der Waals surface area contributed by atoms with Gasteiger partial charge in [0.2, 0.25) is 0 Å². The maximum Gasteiger partial charge on any atom is -0.0146 e. The van der Waals surface area contributed by atoms with Crippen molar-refractivity contribution in [2.75, 3.05) is 0 Å². The van der Waals surface area contributed by atoms with Crippen LogP contribution in [-0.2, 0) is 19.3 Å². The van der Waals surface area contributed by atoms with Crippen molar-refractivity contribution < 1.29 is 0 Å². The molecule has 1 aliphatic rings. The first-order valence-corrected chi connectivity index (χ1v) is 6.59. The van der Waals surface area contributed by atoms with Crippen molar-refractivity contribution in [3.63, 3.8) is 0 Å². The highest BCUT2D eigenvalue weighted by molar-refractivity contribution is 5.72. The molecular weight excluding hydrogens is 204 g/mol. The van der Waals surface area contributed by atoms with Crippen LogP contribution in [0, 0.1) is 0 Å². The molecule has 0 heterocycles. The second kappa shape index (κ2) is 4.37. The second-order valence-corrected chi connectivity index (χ2v) is 4.81. The standard InChI is InChI=1S/C17H18/c1-2-13-7-3-4-10-15(13)17-12-6-9-14-8-5-11-16(14)17/h3-4,6-7,9-10,12H,2,5,8,11H2,1H3. The molecule has 1 aliphatic carbocycles. The van der Waals surface area contributed by atoms with E-state index in [0.29, 0.717) is 0 Å². The first kappa shape index (κ1) is 10.6. The van der Waals surface area contributed by atoms with E-state index in [1.54, 1.807) is 11.1 Å². The summed E-state index contributed by atoms with van der Waals surface area (Å²) in [5, 5.41) is 0. The Balaban J connectivity index is 2.19. The monoisotopic (exact) mass is 222 g/mol. The zero-order chi connectivity index (χ0) is 11.7. The fourth-order valence-electron chi connectivity index (χ4n) is 2.96. The van der Waals surface area contributed by atoms with Crippen LogP contribution >= 0.6 is 0 Å². The van der Waals surface area contributed by atoms with Crippen molar-refractivity contribution in [2.24, 2.45) is 0 Å². The molecule has 0 N–H and O–H groups in total. The molecule has 0 unspecified atom stereocenters. The van der Waals surface area contributed by atoms with Crippen LogP contribution in [0.1, 0.15) is 30.0 Å². The normalized spacial score (nSPS) is 13.7. The average Bonchev–Trinajstić information content (AvgIpc) is 2.86. The molecule has 0 saturated heterocycles. The smallest absolute Gasteiger partial charge is 0.0146 e. The van der Waals surface area contributed by atoms with E-state index in [0.717, 1.165) is 6.42 Å². The van der Waals surface area contributed by atoms with Gasteiger partial charge < -0.3 is 0 Å². The van der Waals surface area contributed by atoms with Gasteiger partial charge in [0, 0.05) is 0 Å². The first-order chi connectivity index (χ1) is 8.40. The van der Waals surface area contributed by atoms with Gasteiger partial charge in [0.15, 0.2) is 0 Å². The van der Waals surface area contributed by atoms with Crippen LogP contribution in [0.4, 0.5) is 0 Å². The van der Waals surface area contributed by atoms with Gasteiger partial charge in [0.25, 0.3) is 0 Å². The number of fused-ring (bicyclic) bond motifs is 1. The Hall–Kier alpha value is -1.56. The van der Waals surface area contributed by atoms with E-state index in [2.05, 4.69) is 49.4 Å². The van der Waals surface area contributed by atoms with Gasteiger partial charge in [-0.1, -0.05) is 49.4 Å². The molecule has 0 aliphatic heterocycles. The minimum atomic E-state index is 1.11. The molecule has 0 amide bonds. The summed E-state index contributed by atoms with van der Waals surface area (Å²) in [5.74, 6) is 0. The third-order valence-corrected chi connectivity index (χ3v) is 3.83. The Morgan fingerprint density at radius 3 is 2.59 bits per heavy atom. The number of hydrogen-bond acceptors (Lipinski definition) is 0. The van der Waals surface area contributed by atoms with Crippen LogP contribution in [0.3, 0.4) is 0 Å².